The van der Waals surface area contributed by atoms with E-state index >= 15 is 0 Å². The highest BCUT2D eigenvalue weighted by atomic mass is 16.6. The van der Waals surface area contributed by atoms with Crippen molar-refractivity contribution in [3.63, 3.8) is 0 Å². The molecule has 0 fully saturated rings. The second-order valence-corrected chi connectivity index (χ2v) is 8.62. The molecule has 2 aromatic carbocycles. The Morgan fingerprint density at radius 2 is 1.00 bits per heavy atom. The van der Waals surface area contributed by atoms with Gasteiger partial charge in [0.2, 0.25) is 0 Å². The summed E-state index contributed by atoms with van der Waals surface area (Å²) in [5.74, 6) is 9.81. The molecule has 0 saturated heterocycles. The van der Waals surface area contributed by atoms with E-state index in [1.807, 2.05) is 12.1 Å². The number of nitrogens with one attached hydrogen (secondary N) is 2. The maximum atomic E-state index is 12.1. The van der Waals surface area contributed by atoms with Crippen molar-refractivity contribution in [1.82, 2.24) is 15.4 Å². The number of fused-ring (bicyclic) bond motifs is 3. The maximum absolute atomic E-state index is 12.1. The minimum atomic E-state index is -0.403. The number of hydrazine groups is 2. The van der Waals surface area contributed by atoms with E-state index in [0.717, 1.165) is 21.8 Å². The smallest absolute Gasteiger partial charge is 0.265 e. The van der Waals surface area contributed by atoms with Gasteiger partial charge in [0.1, 0.15) is 0 Å². The number of hydrogen-bond donors (Lipinski definition) is 4. The molecule has 0 aliphatic rings. The van der Waals surface area contributed by atoms with E-state index in [9.17, 15) is 9.59 Å². The average Bonchev–Trinajstić information content (AvgIpc) is 3.29. The molecular weight excluding hydrogens is 522 g/mol. The fraction of sp³-hybridized carbons (Fsp3) is 0.481. The molecule has 40 heavy (non-hydrogen) atoms. The average molecular weight is 562 g/mol. The predicted octanol–water partition coefficient (Wildman–Crippen LogP) is 0.731. The van der Waals surface area contributed by atoms with Gasteiger partial charge in [-0.1, -0.05) is 0 Å². The molecule has 3 rings (SSSR count). The number of amides is 2. The first kappa shape index (κ1) is 31.4. The lowest BCUT2D eigenvalue weighted by Crippen LogP contribution is -2.29. The van der Waals surface area contributed by atoms with Crippen molar-refractivity contribution < 1.29 is 38.0 Å². The Labute approximate surface area is 232 Å². The summed E-state index contributed by atoms with van der Waals surface area (Å²) in [4.78, 5) is 24.2. The Morgan fingerprint density at radius 3 is 1.38 bits per heavy atom. The Balaban J connectivity index is 1.40. The van der Waals surface area contributed by atoms with Gasteiger partial charge in [0.25, 0.3) is 11.8 Å². The summed E-state index contributed by atoms with van der Waals surface area (Å²) in [5, 5.41) is 1.62. The van der Waals surface area contributed by atoms with Crippen molar-refractivity contribution >= 4 is 33.6 Å². The zero-order chi connectivity index (χ0) is 28.6. The molecule has 1 heterocycles. The lowest BCUT2D eigenvalue weighted by atomic mass is 10.1. The number of methoxy groups -OCH3 is 1. The van der Waals surface area contributed by atoms with E-state index < -0.39 is 11.8 Å². The molecule has 3 aromatic rings. The number of nitrogens with zero attached hydrogens (tertiary/aromatic N) is 1. The van der Waals surface area contributed by atoms with E-state index in [-0.39, 0.29) is 0 Å². The molecular formula is C27H39N5O8. The molecule has 0 spiro atoms. The highest BCUT2D eigenvalue weighted by Gasteiger charge is 2.15. The summed E-state index contributed by atoms with van der Waals surface area (Å²) >= 11 is 0. The van der Waals surface area contributed by atoms with Crippen LogP contribution in [0.15, 0.2) is 36.4 Å². The van der Waals surface area contributed by atoms with Crippen LogP contribution in [0.1, 0.15) is 20.7 Å². The fourth-order valence-electron chi connectivity index (χ4n) is 4.07. The van der Waals surface area contributed by atoms with Crippen molar-refractivity contribution in [2.24, 2.45) is 11.7 Å². The number of ether oxygens (including phenoxy) is 6. The van der Waals surface area contributed by atoms with E-state index in [2.05, 4.69) is 15.4 Å². The van der Waals surface area contributed by atoms with Crippen LogP contribution < -0.4 is 22.5 Å². The maximum Gasteiger partial charge on any atom is 0.265 e. The lowest BCUT2D eigenvalue weighted by Gasteiger charge is -2.10. The van der Waals surface area contributed by atoms with Gasteiger partial charge in [-0.15, -0.1) is 0 Å². The third kappa shape index (κ3) is 9.21. The third-order valence-corrected chi connectivity index (χ3v) is 6.03. The second-order valence-electron chi connectivity index (χ2n) is 8.62. The fourth-order valence-corrected chi connectivity index (χ4v) is 4.07. The van der Waals surface area contributed by atoms with Crippen LogP contribution in [0.5, 0.6) is 0 Å². The molecule has 0 aliphatic heterocycles. The first-order valence-corrected chi connectivity index (χ1v) is 13.1. The lowest BCUT2D eigenvalue weighted by molar-refractivity contribution is -0.0149. The number of benzene rings is 2. The molecule has 0 saturated carbocycles. The van der Waals surface area contributed by atoms with Crippen molar-refractivity contribution in [3.05, 3.63) is 47.5 Å². The summed E-state index contributed by atoms with van der Waals surface area (Å²) in [7, 11) is 1.64. The molecule has 1 aromatic heterocycles. The number of nitrogens with two attached hydrogens (primary N) is 2. The normalized spacial score (nSPS) is 11.4. The van der Waals surface area contributed by atoms with Crippen LogP contribution in [0.4, 0.5) is 0 Å². The number of hydrogen-bond acceptors (Lipinski definition) is 10. The number of rotatable bonds is 20. The Bertz CT molecular complexity index is 1150. The molecule has 2 amide bonds. The first-order chi connectivity index (χ1) is 19.6. The standard InChI is InChI=1S/C27H39N5O8/c1-35-8-9-37-12-13-39-16-17-40-15-14-38-11-10-36-7-6-32-24-4-2-20(26(33)30-28)18-22(24)23-19-21(27(34)31-29)3-5-25(23)32/h2-5,18-19H,6-17,28-29H2,1H3,(H,30,33)(H,31,34). The zero-order valence-electron chi connectivity index (χ0n) is 22.8. The third-order valence-electron chi connectivity index (χ3n) is 6.03. The molecule has 0 radical (unpaired) electrons. The van der Waals surface area contributed by atoms with E-state index in [1.54, 1.807) is 31.4 Å². The molecule has 0 aliphatic carbocycles. The van der Waals surface area contributed by atoms with Gasteiger partial charge in [0, 0.05) is 46.6 Å². The first-order valence-electron chi connectivity index (χ1n) is 13.1. The summed E-state index contributed by atoms with van der Waals surface area (Å²) in [6.45, 7) is 6.02. The van der Waals surface area contributed by atoms with E-state index in [0.29, 0.717) is 90.3 Å². The quantitative estimate of drug-likeness (QED) is 0.0667. The summed E-state index contributed by atoms with van der Waals surface area (Å²) in [5.41, 5.74) is 6.91. The van der Waals surface area contributed by atoms with Crippen molar-refractivity contribution in [3.8, 4) is 0 Å². The van der Waals surface area contributed by atoms with Crippen LogP contribution in [0.25, 0.3) is 21.8 Å². The van der Waals surface area contributed by atoms with Gasteiger partial charge in [-0.05, 0) is 36.4 Å². The van der Waals surface area contributed by atoms with Crippen molar-refractivity contribution in [1.29, 1.82) is 0 Å². The van der Waals surface area contributed by atoms with E-state index in [1.165, 1.54) is 0 Å². The predicted molar refractivity (Wildman–Crippen MR) is 149 cm³/mol. The molecule has 0 unspecified atom stereocenters. The van der Waals surface area contributed by atoms with E-state index in [4.69, 9.17) is 40.1 Å². The zero-order valence-corrected chi connectivity index (χ0v) is 22.8. The van der Waals surface area contributed by atoms with Gasteiger partial charge in [-0.3, -0.25) is 20.4 Å². The van der Waals surface area contributed by atoms with Crippen LogP contribution in [0.3, 0.4) is 0 Å². The van der Waals surface area contributed by atoms with Crippen molar-refractivity contribution in [2.45, 2.75) is 6.54 Å². The highest BCUT2D eigenvalue weighted by molar-refractivity contribution is 6.12. The van der Waals surface area contributed by atoms with Gasteiger partial charge in [-0.25, -0.2) is 11.7 Å². The van der Waals surface area contributed by atoms with Gasteiger partial charge in [-0.2, -0.15) is 0 Å². The molecule has 220 valence electrons. The monoisotopic (exact) mass is 561 g/mol. The summed E-state index contributed by atoms with van der Waals surface area (Å²) < 4.78 is 34.5. The van der Waals surface area contributed by atoms with Gasteiger partial charge in [0.05, 0.1) is 72.7 Å². The Hall–Kier alpha value is -3.14. The van der Waals surface area contributed by atoms with Crippen molar-refractivity contribution in [2.75, 3.05) is 79.8 Å². The van der Waals surface area contributed by atoms with Crippen LogP contribution in [-0.4, -0.2) is 96.2 Å². The number of carbonyl (C=O) groups is 2. The molecule has 0 atom stereocenters. The highest BCUT2D eigenvalue weighted by Crippen LogP contribution is 2.31. The molecule has 0 bridgehead atoms. The largest absolute Gasteiger partial charge is 0.382 e. The van der Waals surface area contributed by atoms with Crippen LogP contribution >= 0.6 is 0 Å². The topological polar surface area (TPSA) is 171 Å². The summed E-state index contributed by atoms with van der Waals surface area (Å²) in [6.07, 6.45) is 0. The summed E-state index contributed by atoms with van der Waals surface area (Å²) in [6, 6.07) is 10.6. The van der Waals surface area contributed by atoms with Crippen LogP contribution in [0.2, 0.25) is 0 Å². The van der Waals surface area contributed by atoms with Gasteiger partial charge in [0.15, 0.2) is 0 Å². The number of nitrogen functional groups attached to an aromatic ring is 2. The minimum Gasteiger partial charge on any atom is -0.382 e. The number of carbonyl (C=O) groups excluding carboxylic acids is 2. The molecule has 6 N–H and O–H groups in total. The van der Waals surface area contributed by atoms with Crippen LogP contribution in [-0.2, 0) is 35.0 Å². The van der Waals surface area contributed by atoms with Gasteiger partial charge >= 0.3 is 0 Å². The molecule has 13 heteroatoms. The molecule has 13 nitrogen and oxygen atoms in total. The second kappa shape index (κ2) is 17.5. The number of aromatic nitrogens is 1. The SMILES string of the molecule is COCCOCCOCCOCCOCCOCCn1c2ccc(C(=O)NN)cc2c2cc(C(=O)NN)ccc21. The minimum absolute atomic E-state index is 0.403. The van der Waals surface area contributed by atoms with Gasteiger partial charge < -0.3 is 33.0 Å². The van der Waals surface area contributed by atoms with Crippen LogP contribution in [0, 0.1) is 0 Å². The Kier molecular flexibility index (Phi) is 13.8. The Morgan fingerprint density at radius 1 is 0.625 bits per heavy atom.